The van der Waals surface area contributed by atoms with Gasteiger partial charge in [-0.25, -0.2) is 4.98 Å². The van der Waals surface area contributed by atoms with Crippen LogP contribution in [0.3, 0.4) is 0 Å². The van der Waals surface area contributed by atoms with Gasteiger partial charge >= 0.3 is 0 Å². The highest BCUT2D eigenvalue weighted by molar-refractivity contribution is 5.96. The third-order valence-corrected chi connectivity index (χ3v) is 3.00. The molecule has 1 aliphatic rings. The molecular weight excluding hydrogens is 228 g/mol. The van der Waals surface area contributed by atoms with Gasteiger partial charge in [0.25, 0.3) is 0 Å². The molecule has 18 heavy (non-hydrogen) atoms. The van der Waals surface area contributed by atoms with Gasteiger partial charge in [-0.05, 0) is 18.1 Å². The summed E-state index contributed by atoms with van der Waals surface area (Å²) in [6.07, 6.45) is 2.27. The number of ketones is 1. The summed E-state index contributed by atoms with van der Waals surface area (Å²) >= 11 is 0. The van der Waals surface area contributed by atoms with Gasteiger partial charge in [-0.15, -0.1) is 0 Å². The highest BCUT2D eigenvalue weighted by atomic mass is 16.5. The fraction of sp³-hybridized carbons (Fsp3) is 0.571. The third kappa shape index (κ3) is 3.29. The first-order valence-electron chi connectivity index (χ1n) is 6.49. The van der Waals surface area contributed by atoms with Crippen LogP contribution in [0.2, 0.25) is 0 Å². The van der Waals surface area contributed by atoms with Gasteiger partial charge in [-0.1, -0.05) is 13.8 Å². The van der Waals surface area contributed by atoms with Gasteiger partial charge in [-0.3, -0.25) is 4.79 Å². The van der Waals surface area contributed by atoms with Crippen molar-refractivity contribution in [3.05, 3.63) is 23.9 Å². The van der Waals surface area contributed by atoms with E-state index in [4.69, 9.17) is 4.74 Å². The van der Waals surface area contributed by atoms with Crippen LogP contribution in [-0.4, -0.2) is 37.1 Å². The Bertz CT molecular complexity index is 395. The molecule has 0 aliphatic carbocycles. The second-order valence-electron chi connectivity index (χ2n) is 5.03. The van der Waals surface area contributed by atoms with Gasteiger partial charge in [0, 0.05) is 31.3 Å². The van der Waals surface area contributed by atoms with Crippen molar-refractivity contribution in [2.45, 2.75) is 20.3 Å². The van der Waals surface area contributed by atoms with E-state index in [1.807, 2.05) is 26.0 Å². The minimum absolute atomic E-state index is 0.172. The molecule has 0 spiro atoms. The van der Waals surface area contributed by atoms with Gasteiger partial charge < -0.3 is 9.64 Å². The van der Waals surface area contributed by atoms with Crippen LogP contribution in [0.25, 0.3) is 0 Å². The van der Waals surface area contributed by atoms with Crippen LogP contribution < -0.4 is 4.90 Å². The average Bonchev–Trinajstić information content (AvgIpc) is 2.39. The Balaban J connectivity index is 2.02. The minimum Gasteiger partial charge on any atom is -0.378 e. The summed E-state index contributed by atoms with van der Waals surface area (Å²) in [7, 11) is 0. The summed E-state index contributed by atoms with van der Waals surface area (Å²) < 4.78 is 5.30. The molecule has 2 rings (SSSR count). The summed E-state index contributed by atoms with van der Waals surface area (Å²) in [6, 6.07) is 3.81. The molecule has 2 heterocycles. The summed E-state index contributed by atoms with van der Waals surface area (Å²) in [5, 5.41) is 0. The number of aromatic nitrogens is 1. The molecule has 0 bridgehead atoms. The van der Waals surface area contributed by atoms with Crippen LogP contribution in [-0.2, 0) is 4.74 Å². The molecule has 1 aromatic heterocycles. The average molecular weight is 248 g/mol. The summed E-state index contributed by atoms with van der Waals surface area (Å²) in [6.45, 7) is 7.32. The molecule has 0 amide bonds. The van der Waals surface area contributed by atoms with E-state index in [0.29, 0.717) is 17.9 Å². The molecule has 4 nitrogen and oxygen atoms in total. The molecule has 1 fully saturated rings. The van der Waals surface area contributed by atoms with E-state index in [0.717, 1.165) is 32.1 Å². The van der Waals surface area contributed by atoms with Gasteiger partial charge in [0.1, 0.15) is 5.82 Å². The molecular formula is C14H20N2O2. The number of anilines is 1. The van der Waals surface area contributed by atoms with Crippen LogP contribution in [0.1, 0.15) is 30.6 Å². The zero-order valence-electron chi connectivity index (χ0n) is 11.1. The van der Waals surface area contributed by atoms with E-state index < -0.39 is 0 Å². The van der Waals surface area contributed by atoms with Crippen LogP contribution in [0.5, 0.6) is 0 Å². The van der Waals surface area contributed by atoms with E-state index >= 15 is 0 Å². The van der Waals surface area contributed by atoms with Crippen molar-refractivity contribution >= 4 is 11.6 Å². The number of carbonyl (C=O) groups excluding carboxylic acids is 1. The molecule has 0 unspecified atom stereocenters. The van der Waals surface area contributed by atoms with Gasteiger partial charge in [0.15, 0.2) is 5.78 Å². The number of nitrogens with zero attached hydrogens (tertiary/aromatic N) is 2. The normalized spacial score (nSPS) is 16.1. The van der Waals surface area contributed by atoms with Crippen LogP contribution in [0.4, 0.5) is 5.82 Å². The van der Waals surface area contributed by atoms with Gasteiger partial charge in [-0.2, -0.15) is 0 Å². The molecule has 1 saturated heterocycles. The number of hydrogen-bond donors (Lipinski definition) is 0. The Kier molecular flexibility index (Phi) is 4.31. The first kappa shape index (κ1) is 13.0. The number of ether oxygens (including phenoxy) is 1. The van der Waals surface area contributed by atoms with Crippen molar-refractivity contribution in [2.24, 2.45) is 5.92 Å². The minimum atomic E-state index is 0.172. The van der Waals surface area contributed by atoms with Crippen molar-refractivity contribution in [3.63, 3.8) is 0 Å². The third-order valence-electron chi connectivity index (χ3n) is 3.00. The quantitative estimate of drug-likeness (QED) is 0.766. The molecule has 1 aliphatic heterocycles. The molecule has 1 aromatic rings. The zero-order valence-corrected chi connectivity index (χ0v) is 11.1. The van der Waals surface area contributed by atoms with Gasteiger partial charge in [0.2, 0.25) is 0 Å². The highest BCUT2D eigenvalue weighted by Crippen LogP contribution is 2.15. The van der Waals surface area contributed by atoms with Crippen molar-refractivity contribution in [3.8, 4) is 0 Å². The number of Topliss-reactive ketones (excluding diaryl/α,β-unsaturated/α-hetero) is 1. The molecule has 0 aromatic carbocycles. The lowest BCUT2D eigenvalue weighted by atomic mass is 10.0. The van der Waals surface area contributed by atoms with E-state index in [1.54, 1.807) is 6.20 Å². The Labute approximate surface area is 108 Å². The fourth-order valence-electron chi connectivity index (χ4n) is 2.02. The lowest BCUT2D eigenvalue weighted by Crippen LogP contribution is -2.36. The Morgan fingerprint density at radius 3 is 2.67 bits per heavy atom. The van der Waals surface area contributed by atoms with Crippen molar-refractivity contribution < 1.29 is 9.53 Å². The second kappa shape index (κ2) is 5.96. The first-order chi connectivity index (χ1) is 8.66. The molecule has 0 atom stereocenters. The van der Waals surface area contributed by atoms with Gasteiger partial charge in [0.05, 0.1) is 13.2 Å². The second-order valence-corrected chi connectivity index (χ2v) is 5.03. The topological polar surface area (TPSA) is 42.4 Å². The van der Waals surface area contributed by atoms with E-state index in [-0.39, 0.29) is 5.78 Å². The predicted molar refractivity (Wildman–Crippen MR) is 71.1 cm³/mol. The number of rotatable bonds is 4. The number of morpholine rings is 1. The van der Waals surface area contributed by atoms with E-state index in [1.165, 1.54) is 0 Å². The molecule has 98 valence electrons. The Morgan fingerprint density at radius 1 is 1.39 bits per heavy atom. The standard InChI is InChI=1S/C14H20N2O2/c1-11(2)9-13(17)12-3-4-14(15-10-12)16-5-7-18-8-6-16/h3-4,10-11H,5-9H2,1-2H3. The van der Waals surface area contributed by atoms with Crippen LogP contribution >= 0.6 is 0 Å². The van der Waals surface area contributed by atoms with Crippen molar-refractivity contribution in [1.82, 2.24) is 4.98 Å². The maximum atomic E-state index is 11.9. The maximum absolute atomic E-state index is 11.9. The summed E-state index contributed by atoms with van der Waals surface area (Å²) in [5.74, 6) is 1.49. The number of hydrogen-bond acceptors (Lipinski definition) is 4. The Hall–Kier alpha value is -1.42. The predicted octanol–water partition coefficient (Wildman–Crippen LogP) is 2.15. The smallest absolute Gasteiger partial charge is 0.164 e. The van der Waals surface area contributed by atoms with Crippen molar-refractivity contribution in [2.75, 3.05) is 31.2 Å². The van der Waals surface area contributed by atoms with Crippen LogP contribution in [0, 0.1) is 5.92 Å². The lowest BCUT2D eigenvalue weighted by molar-refractivity contribution is 0.0967. The number of pyridine rings is 1. The zero-order chi connectivity index (χ0) is 13.0. The SMILES string of the molecule is CC(C)CC(=O)c1ccc(N2CCOCC2)nc1. The monoisotopic (exact) mass is 248 g/mol. The van der Waals surface area contributed by atoms with Crippen LogP contribution in [0.15, 0.2) is 18.3 Å². The lowest BCUT2D eigenvalue weighted by Gasteiger charge is -2.27. The molecule has 4 heteroatoms. The van der Waals surface area contributed by atoms with E-state index in [2.05, 4.69) is 9.88 Å². The fourth-order valence-corrected chi connectivity index (χ4v) is 2.02. The maximum Gasteiger partial charge on any atom is 0.164 e. The summed E-state index contributed by atoms with van der Waals surface area (Å²) in [5.41, 5.74) is 0.709. The molecule has 0 saturated carbocycles. The Morgan fingerprint density at radius 2 is 2.11 bits per heavy atom. The molecule has 0 N–H and O–H groups in total. The summed E-state index contributed by atoms with van der Waals surface area (Å²) in [4.78, 5) is 18.4. The highest BCUT2D eigenvalue weighted by Gasteiger charge is 2.13. The van der Waals surface area contributed by atoms with E-state index in [9.17, 15) is 4.79 Å². The number of carbonyl (C=O) groups is 1. The molecule has 0 radical (unpaired) electrons. The first-order valence-corrected chi connectivity index (χ1v) is 6.49. The largest absolute Gasteiger partial charge is 0.378 e. The van der Waals surface area contributed by atoms with Crippen molar-refractivity contribution in [1.29, 1.82) is 0 Å².